The van der Waals surface area contributed by atoms with E-state index in [1.54, 1.807) is 24.3 Å². The molecule has 0 bridgehead atoms. The van der Waals surface area contributed by atoms with Crippen molar-refractivity contribution >= 4 is 23.3 Å². The number of aromatic nitrogens is 2. The zero-order valence-electron chi connectivity index (χ0n) is 15.4. The number of aryl methyl sites for hydroxylation is 1. The number of nitrogens with zero attached hydrogens (tertiary/aromatic N) is 1. The first-order chi connectivity index (χ1) is 14.0. The van der Waals surface area contributed by atoms with Crippen LogP contribution in [-0.2, 0) is 0 Å². The van der Waals surface area contributed by atoms with Crippen molar-refractivity contribution < 1.29 is 9.59 Å². The fourth-order valence-electron chi connectivity index (χ4n) is 4.01. The van der Waals surface area contributed by atoms with E-state index in [0.717, 1.165) is 11.1 Å². The van der Waals surface area contributed by atoms with Crippen LogP contribution in [0.5, 0.6) is 0 Å². The maximum absolute atomic E-state index is 13.4. The van der Waals surface area contributed by atoms with Crippen LogP contribution in [0.4, 0.5) is 11.8 Å². The van der Waals surface area contributed by atoms with Gasteiger partial charge in [-0.3, -0.25) is 19.4 Å². The lowest BCUT2D eigenvalue weighted by molar-refractivity contribution is 0.0971. The summed E-state index contributed by atoms with van der Waals surface area (Å²) in [5.41, 5.74) is 8.36. The number of hydrogen-bond acceptors (Lipinski definition) is 6. The number of ketones is 2. The van der Waals surface area contributed by atoms with Crippen molar-refractivity contribution in [2.24, 2.45) is 0 Å². The largest absolute Gasteiger partial charge is 0.369 e. The van der Waals surface area contributed by atoms with Crippen molar-refractivity contribution in [1.29, 1.82) is 0 Å². The summed E-state index contributed by atoms with van der Waals surface area (Å²) < 4.78 is 0. The molecule has 142 valence electrons. The molecule has 1 aliphatic carbocycles. The highest BCUT2D eigenvalue weighted by molar-refractivity contribution is 6.29. The molecule has 2 heterocycles. The summed E-state index contributed by atoms with van der Waals surface area (Å²) in [4.78, 5) is 46.1. The highest BCUT2D eigenvalue weighted by Gasteiger charge is 2.42. The molecule has 0 saturated heterocycles. The lowest BCUT2D eigenvalue weighted by atomic mass is 9.74. The summed E-state index contributed by atoms with van der Waals surface area (Å²) in [5.74, 6) is -1.20. The van der Waals surface area contributed by atoms with Crippen LogP contribution in [0.3, 0.4) is 0 Å². The molecule has 1 atom stereocenters. The molecule has 0 radical (unpaired) electrons. The van der Waals surface area contributed by atoms with Gasteiger partial charge < -0.3 is 11.1 Å². The maximum Gasteiger partial charge on any atom is 0.258 e. The molecule has 7 heteroatoms. The third-order valence-electron chi connectivity index (χ3n) is 5.36. The number of rotatable bonds is 1. The molecule has 29 heavy (non-hydrogen) atoms. The number of benzene rings is 2. The van der Waals surface area contributed by atoms with E-state index in [9.17, 15) is 14.4 Å². The standard InChI is InChI=1S/C22H16N4O3/c1-10-6-8-11(9-7-10)14-15-17(24-20-16(14)21(29)26-22(23)25-20)19(28)13-5-3-2-4-12(13)18(15)27/h2-9,14H,1H3,(H4,23,24,25,26,29). The summed E-state index contributed by atoms with van der Waals surface area (Å²) in [7, 11) is 0. The monoisotopic (exact) mass is 384 g/mol. The van der Waals surface area contributed by atoms with E-state index >= 15 is 0 Å². The number of hydrogen-bond donors (Lipinski definition) is 3. The predicted octanol–water partition coefficient (Wildman–Crippen LogP) is 2.55. The number of nitrogens with two attached hydrogens (primary N) is 1. The number of carbonyl (C=O) groups excluding carboxylic acids is 2. The first-order valence-electron chi connectivity index (χ1n) is 9.11. The van der Waals surface area contributed by atoms with Gasteiger partial charge in [-0.1, -0.05) is 54.1 Å². The number of nitrogens with one attached hydrogen (secondary N) is 2. The Morgan fingerprint density at radius 1 is 0.931 bits per heavy atom. The second-order valence-electron chi connectivity index (χ2n) is 7.17. The summed E-state index contributed by atoms with van der Waals surface area (Å²) in [6, 6.07) is 14.2. The third-order valence-corrected chi connectivity index (χ3v) is 5.36. The Bertz CT molecular complexity index is 1300. The van der Waals surface area contributed by atoms with Crippen molar-refractivity contribution in [3.8, 4) is 0 Å². The Labute approximate surface area is 165 Å². The van der Waals surface area contributed by atoms with Crippen LogP contribution in [0.2, 0.25) is 0 Å². The van der Waals surface area contributed by atoms with Crippen LogP contribution >= 0.6 is 0 Å². The molecule has 0 spiro atoms. The summed E-state index contributed by atoms with van der Waals surface area (Å²) in [6.07, 6.45) is 0. The SMILES string of the molecule is Cc1ccc(C2C3=C(Nc4nc(N)[nH]c(=O)c42)C(=O)c2ccccc2C3=O)cc1. The first-order valence-corrected chi connectivity index (χ1v) is 9.11. The summed E-state index contributed by atoms with van der Waals surface area (Å²) in [5, 5.41) is 2.91. The lowest BCUT2D eigenvalue weighted by Gasteiger charge is -2.32. The summed E-state index contributed by atoms with van der Waals surface area (Å²) >= 11 is 0. The van der Waals surface area contributed by atoms with E-state index in [1.165, 1.54) is 0 Å². The second-order valence-corrected chi connectivity index (χ2v) is 7.17. The predicted molar refractivity (Wildman–Crippen MR) is 108 cm³/mol. The van der Waals surface area contributed by atoms with Gasteiger partial charge in [0.05, 0.1) is 11.3 Å². The smallest absolute Gasteiger partial charge is 0.258 e. The van der Waals surface area contributed by atoms with Crippen LogP contribution in [0.25, 0.3) is 0 Å². The van der Waals surface area contributed by atoms with E-state index in [1.807, 2.05) is 31.2 Å². The van der Waals surface area contributed by atoms with Gasteiger partial charge in [-0.2, -0.15) is 4.98 Å². The Morgan fingerprint density at radius 3 is 2.28 bits per heavy atom. The highest BCUT2D eigenvalue weighted by atomic mass is 16.1. The van der Waals surface area contributed by atoms with Crippen LogP contribution in [0.1, 0.15) is 43.3 Å². The second kappa shape index (κ2) is 6.00. The Balaban J connectivity index is 1.83. The summed E-state index contributed by atoms with van der Waals surface area (Å²) in [6.45, 7) is 1.95. The van der Waals surface area contributed by atoms with Crippen molar-refractivity contribution in [2.75, 3.05) is 11.1 Å². The van der Waals surface area contributed by atoms with Gasteiger partial charge in [-0.15, -0.1) is 0 Å². The van der Waals surface area contributed by atoms with E-state index in [0.29, 0.717) is 11.1 Å². The Kier molecular flexibility index (Phi) is 3.54. The molecule has 0 amide bonds. The first kappa shape index (κ1) is 17.1. The fraction of sp³-hybridized carbons (Fsp3) is 0.0909. The normalized spacial score (nSPS) is 17.3. The number of carbonyl (C=O) groups is 2. The average Bonchev–Trinajstić information content (AvgIpc) is 2.71. The molecule has 0 saturated carbocycles. The lowest BCUT2D eigenvalue weighted by Crippen LogP contribution is -2.36. The maximum atomic E-state index is 13.4. The molecule has 2 aromatic carbocycles. The number of anilines is 2. The third kappa shape index (κ3) is 2.44. The molecule has 4 N–H and O–H groups in total. The molecule has 1 aromatic heterocycles. The minimum Gasteiger partial charge on any atom is -0.369 e. The quantitative estimate of drug-likeness (QED) is 0.593. The Hall–Kier alpha value is -4.00. The number of H-pyrrole nitrogens is 1. The Morgan fingerprint density at radius 2 is 1.59 bits per heavy atom. The van der Waals surface area contributed by atoms with Gasteiger partial charge in [-0.25, -0.2) is 0 Å². The molecule has 7 nitrogen and oxygen atoms in total. The van der Waals surface area contributed by atoms with Gasteiger partial charge in [0.15, 0.2) is 5.78 Å². The zero-order valence-corrected chi connectivity index (χ0v) is 15.4. The number of nitrogen functional groups attached to an aromatic ring is 1. The van der Waals surface area contributed by atoms with Crippen LogP contribution in [0.15, 0.2) is 64.6 Å². The molecular formula is C22H16N4O3. The molecule has 2 aliphatic rings. The number of Topliss-reactive ketones (excluding diaryl/α,β-unsaturated/α-hetero) is 2. The zero-order chi connectivity index (χ0) is 20.3. The van der Waals surface area contributed by atoms with E-state index in [-0.39, 0.29) is 40.2 Å². The van der Waals surface area contributed by atoms with Crippen LogP contribution in [-0.4, -0.2) is 21.5 Å². The number of allylic oxidation sites excluding steroid dienone is 2. The van der Waals surface area contributed by atoms with E-state index < -0.39 is 11.5 Å². The van der Waals surface area contributed by atoms with Gasteiger partial charge in [0, 0.05) is 22.6 Å². The topological polar surface area (TPSA) is 118 Å². The molecule has 0 fully saturated rings. The van der Waals surface area contributed by atoms with Crippen molar-refractivity contribution in [3.63, 3.8) is 0 Å². The van der Waals surface area contributed by atoms with Gasteiger partial charge in [-0.05, 0) is 12.5 Å². The number of fused-ring (bicyclic) bond motifs is 2. The molecule has 1 aliphatic heterocycles. The van der Waals surface area contributed by atoms with Crippen LogP contribution < -0.4 is 16.6 Å². The molecule has 1 unspecified atom stereocenters. The van der Waals surface area contributed by atoms with Gasteiger partial charge in [0.2, 0.25) is 11.7 Å². The number of aromatic amines is 1. The minimum absolute atomic E-state index is 0.0667. The molecular weight excluding hydrogens is 368 g/mol. The van der Waals surface area contributed by atoms with Crippen LogP contribution in [0, 0.1) is 6.92 Å². The van der Waals surface area contributed by atoms with Gasteiger partial charge in [0.1, 0.15) is 5.82 Å². The fourth-order valence-corrected chi connectivity index (χ4v) is 4.01. The van der Waals surface area contributed by atoms with Gasteiger partial charge in [0.25, 0.3) is 5.56 Å². The van der Waals surface area contributed by atoms with Crippen molar-refractivity contribution in [3.05, 3.63) is 98.0 Å². The highest BCUT2D eigenvalue weighted by Crippen LogP contribution is 2.43. The molecule has 3 aromatic rings. The van der Waals surface area contributed by atoms with Crippen molar-refractivity contribution in [1.82, 2.24) is 9.97 Å². The minimum atomic E-state index is -0.733. The average molecular weight is 384 g/mol. The van der Waals surface area contributed by atoms with Crippen molar-refractivity contribution in [2.45, 2.75) is 12.8 Å². The molecule has 5 rings (SSSR count). The van der Waals surface area contributed by atoms with E-state index in [2.05, 4.69) is 15.3 Å². The van der Waals surface area contributed by atoms with E-state index in [4.69, 9.17) is 5.73 Å². The van der Waals surface area contributed by atoms with Gasteiger partial charge >= 0.3 is 0 Å².